The number of hydrogen-bond donors (Lipinski definition) is 1. The molecule has 0 bridgehead atoms. The molecule has 0 radical (unpaired) electrons. The molecule has 1 unspecified atom stereocenters. The summed E-state index contributed by atoms with van der Waals surface area (Å²) in [7, 11) is 0. The van der Waals surface area contributed by atoms with E-state index >= 15 is 0 Å². The Bertz CT molecular complexity index is 522. The van der Waals surface area contributed by atoms with Gasteiger partial charge in [0.05, 0.1) is 11.6 Å². The molecule has 21 heavy (non-hydrogen) atoms. The fourth-order valence-corrected chi connectivity index (χ4v) is 3.28. The van der Waals surface area contributed by atoms with Crippen LogP contribution in [0.25, 0.3) is 0 Å². The van der Waals surface area contributed by atoms with Gasteiger partial charge in [-0.15, -0.1) is 0 Å². The van der Waals surface area contributed by atoms with Gasteiger partial charge in [0, 0.05) is 25.7 Å². The molecule has 2 aliphatic rings. The third-order valence-corrected chi connectivity index (χ3v) is 4.72. The second kappa shape index (κ2) is 6.60. The first-order chi connectivity index (χ1) is 10.2. The molecule has 0 amide bonds. The molecule has 3 heteroatoms. The predicted octanol–water partition coefficient (Wildman–Crippen LogP) is 2.83. The molecule has 1 atom stereocenters. The van der Waals surface area contributed by atoms with Gasteiger partial charge < -0.3 is 5.32 Å². The number of hydrogen-bond acceptors (Lipinski definition) is 3. The van der Waals surface area contributed by atoms with Gasteiger partial charge >= 0.3 is 0 Å². The van der Waals surface area contributed by atoms with Crippen LogP contribution in [0.15, 0.2) is 18.2 Å². The van der Waals surface area contributed by atoms with E-state index in [1.165, 1.54) is 49.9 Å². The molecule has 1 saturated heterocycles. The summed E-state index contributed by atoms with van der Waals surface area (Å²) in [6.45, 7) is 6.72. The molecule has 2 fully saturated rings. The Balaban J connectivity index is 1.66. The minimum Gasteiger partial charge on any atom is -0.313 e. The Labute approximate surface area is 128 Å². The van der Waals surface area contributed by atoms with Gasteiger partial charge in [0.15, 0.2) is 0 Å². The quantitative estimate of drug-likeness (QED) is 0.872. The zero-order valence-electron chi connectivity index (χ0n) is 12.9. The molecule has 3 nitrogen and oxygen atoms in total. The lowest BCUT2D eigenvalue weighted by Crippen LogP contribution is -2.38. The fourth-order valence-electron chi connectivity index (χ4n) is 3.28. The summed E-state index contributed by atoms with van der Waals surface area (Å²) in [6.07, 6.45) is 5.44. The van der Waals surface area contributed by atoms with Crippen LogP contribution in [0, 0.1) is 24.2 Å². The van der Waals surface area contributed by atoms with Crippen LogP contribution in [-0.4, -0.2) is 30.6 Å². The highest BCUT2D eigenvalue weighted by atomic mass is 15.2. The maximum absolute atomic E-state index is 8.98. The summed E-state index contributed by atoms with van der Waals surface area (Å²) >= 11 is 0. The van der Waals surface area contributed by atoms with Gasteiger partial charge in [-0.05, 0) is 68.3 Å². The zero-order valence-corrected chi connectivity index (χ0v) is 12.9. The van der Waals surface area contributed by atoms with Gasteiger partial charge in [0.2, 0.25) is 0 Å². The maximum Gasteiger partial charge on any atom is 0.0991 e. The molecule has 1 aromatic rings. The molecule has 3 rings (SSSR count). The first-order valence-corrected chi connectivity index (χ1v) is 8.20. The van der Waals surface area contributed by atoms with Crippen molar-refractivity contribution in [3.63, 3.8) is 0 Å². The topological polar surface area (TPSA) is 39.1 Å². The molecule has 1 aliphatic heterocycles. The van der Waals surface area contributed by atoms with Gasteiger partial charge in [-0.2, -0.15) is 5.26 Å². The van der Waals surface area contributed by atoms with Crippen LogP contribution >= 0.6 is 0 Å². The number of benzene rings is 1. The molecule has 1 aliphatic carbocycles. The Morgan fingerprint density at radius 2 is 2.14 bits per heavy atom. The summed E-state index contributed by atoms with van der Waals surface area (Å²) in [4.78, 5) is 2.62. The fraction of sp³-hybridized carbons (Fsp3) is 0.611. The highest BCUT2D eigenvalue weighted by Gasteiger charge is 2.26. The number of nitriles is 1. The smallest absolute Gasteiger partial charge is 0.0991 e. The lowest BCUT2D eigenvalue weighted by Gasteiger charge is -2.26. The van der Waals surface area contributed by atoms with E-state index in [0.717, 1.165) is 24.6 Å². The van der Waals surface area contributed by atoms with Crippen molar-refractivity contribution in [1.82, 2.24) is 10.2 Å². The van der Waals surface area contributed by atoms with Crippen molar-refractivity contribution < 1.29 is 0 Å². The highest BCUT2D eigenvalue weighted by Crippen LogP contribution is 2.30. The molecule has 1 N–H and O–H groups in total. The van der Waals surface area contributed by atoms with Crippen LogP contribution in [-0.2, 0) is 6.54 Å². The zero-order chi connectivity index (χ0) is 14.7. The lowest BCUT2D eigenvalue weighted by molar-refractivity contribution is 0.231. The molecule has 112 valence electrons. The summed E-state index contributed by atoms with van der Waals surface area (Å²) in [5.41, 5.74) is 3.38. The van der Waals surface area contributed by atoms with Crippen molar-refractivity contribution in [3.05, 3.63) is 34.9 Å². The van der Waals surface area contributed by atoms with E-state index in [-0.39, 0.29) is 0 Å². The average Bonchev–Trinajstić information content (AvgIpc) is 3.14. The first-order valence-electron chi connectivity index (χ1n) is 8.20. The number of rotatable bonds is 6. The van der Waals surface area contributed by atoms with Crippen molar-refractivity contribution in [3.8, 4) is 6.07 Å². The van der Waals surface area contributed by atoms with Crippen LogP contribution in [0.2, 0.25) is 0 Å². The van der Waals surface area contributed by atoms with Crippen LogP contribution in [0.1, 0.15) is 42.4 Å². The van der Waals surface area contributed by atoms with Gasteiger partial charge in [-0.3, -0.25) is 4.90 Å². The predicted molar refractivity (Wildman–Crippen MR) is 84.9 cm³/mol. The van der Waals surface area contributed by atoms with E-state index in [4.69, 9.17) is 5.26 Å². The second-order valence-corrected chi connectivity index (χ2v) is 6.68. The van der Waals surface area contributed by atoms with Crippen LogP contribution in [0.3, 0.4) is 0 Å². The number of nitrogens with one attached hydrogen (secondary N) is 1. The van der Waals surface area contributed by atoms with Crippen LogP contribution in [0.5, 0.6) is 0 Å². The van der Waals surface area contributed by atoms with Gasteiger partial charge in [0.1, 0.15) is 0 Å². The van der Waals surface area contributed by atoms with Gasteiger partial charge in [-0.1, -0.05) is 6.07 Å². The van der Waals surface area contributed by atoms with Crippen molar-refractivity contribution in [1.29, 1.82) is 5.26 Å². The molecule has 0 aromatic heterocycles. The van der Waals surface area contributed by atoms with Crippen molar-refractivity contribution in [2.45, 2.75) is 45.2 Å². The lowest BCUT2D eigenvalue weighted by atomic mass is 10.0. The van der Waals surface area contributed by atoms with Crippen molar-refractivity contribution >= 4 is 0 Å². The molecule has 1 heterocycles. The summed E-state index contributed by atoms with van der Waals surface area (Å²) < 4.78 is 0. The van der Waals surface area contributed by atoms with E-state index in [9.17, 15) is 0 Å². The minimum absolute atomic E-state index is 0.669. The summed E-state index contributed by atoms with van der Waals surface area (Å²) in [5.74, 6) is 0.921. The molecular formula is C18H25N3. The summed E-state index contributed by atoms with van der Waals surface area (Å²) in [5, 5.41) is 12.6. The monoisotopic (exact) mass is 283 g/mol. The first kappa shape index (κ1) is 14.6. The summed E-state index contributed by atoms with van der Waals surface area (Å²) in [6, 6.07) is 8.99. The van der Waals surface area contributed by atoms with Crippen molar-refractivity contribution in [2.75, 3.05) is 19.6 Å². The Hall–Kier alpha value is -1.37. The minimum atomic E-state index is 0.669. The highest BCUT2D eigenvalue weighted by molar-refractivity contribution is 5.37. The maximum atomic E-state index is 8.98. The van der Waals surface area contributed by atoms with Crippen LogP contribution < -0.4 is 5.32 Å². The third-order valence-electron chi connectivity index (χ3n) is 4.72. The van der Waals surface area contributed by atoms with E-state index in [1.807, 2.05) is 12.1 Å². The SMILES string of the molecule is Cc1cc(C#N)ccc1CN(CC1CC1)CC1CCCN1. The van der Waals surface area contributed by atoms with Crippen LogP contribution in [0.4, 0.5) is 0 Å². The number of aryl methyl sites for hydroxylation is 1. The van der Waals surface area contributed by atoms with E-state index < -0.39 is 0 Å². The van der Waals surface area contributed by atoms with E-state index in [2.05, 4.69) is 29.3 Å². The third kappa shape index (κ3) is 4.06. The van der Waals surface area contributed by atoms with Gasteiger partial charge in [0.25, 0.3) is 0 Å². The Morgan fingerprint density at radius 1 is 1.29 bits per heavy atom. The van der Waals surface area contributed by atoms with Crippen molar-refractivity contribution in [2.24, 2.45) is 5.92 Å². The molecule has 1 saturated carbocycles. The van der Waals surface area contributed by atoms with E-state index in [1.54, 1.807) is 0 Å². The van der Waals surface area contributed by atoms with Gasteiger partial charge in [-0.25, -0.2) is 0 Å². The Kier molecular flexibility index (Phi) is 4.57. The molecule has 0 spiro atoms. The standard InChI is InChI=1S/C18H25N3/c1-14-9-16(10-19)6-7-17(14)12-21(11-15-4-5-15)13-18-3-2-8-20-18/h6-7,9,15,18,20H,2-5,8,11-13H2,1H3. The largest absolute Gasteiger partial charge is 0.313 e. The number of nitrogens with zero attached hydrogens (tertiary/aromatic N) is 2. The Morgan fingerprint density at radius 3 is 2.76 bits per heavy atom. The normalized spacial score (nSPS) is 21.7. The average molecular weight is 283 g/mol. The van der Waals surface area contributed by atoms with E-state index in [0.29, 0.717) is 6.04 Å². The molecular weight excluding hydrogens is 258 g/mol. The second-order valence-electron chi connectivity index (χ2n) is 6.68. The molecule has 1 aromatic carbocycles.